The minimum Gasteiger partial charge on any atom is -0.394 e. The SMILES string of the molecule is O=C(NC(CO)C(O)c1ccccc1)C(Cl)Cl. The van der Waals surface area contributed by atoms with Gasteiger partial charge in [0.25, 0.3) is 5.91 Å². The predicted octanol–water partition coefficient (Wildman–Crippen LogP) is 1.00. The van der Waals surface area contributed by atoms with Crippen molar-refractivity contribution in [2.24, 2.45) is 0 Å². The van der Waals surface area contributed by atoms with E-state index in [0.29, 0.717) is 5.56 Å². The van der Waals surface area contributed by atoms with E-state index in [4.69, 9.17) is 28.3 Å². The summed E-state index contributed by atoms with van der Waals surface area (Å²) in [6.07, 6.45) is -1.02. The molecule has 2 unspecified atom stereocenters. The highest BCUT2D eigenvalue weighted by atomic mass is 35.5. The summed E-state index contributed by atoms with van der Waals surface area (Å²) in [5.74, 6) is -0.651. The van der Waals surface area contributed by atoms with Gasteiger partial charge in [-0.15, -0.1) is 0 Å². The van der Waals surface area contributed by atoms with Gasteiger partial charge in [0.15, 0.2) is 4.84 Å². The quantitative estimate of drug-likeness (QED) is 0.704. The molecule has 17 heavy (non-hydrogen) atoms. The van der Waals surface area contributed by atoms with Crippen molar-refractivity contribution in [3.8, 4) is 0 Å². The van der Waals surface area contributed by atoms with Crippen LogP contribution in [0.25, 0.3) is 0 Å². The summed E-state index contributed by atoms with van der Waals surface area (Å²) in [5, 5.41) is 21.4. The molecule has 3 N–H and O–H groups in total. The number of aliphatic hydroxyl groups excluding tert-OH is 2. The number of halogens is 2. The van der Waals surface area contributed by atoms with Gasteiger partial charge in [-0.1, -0.05) is 53.5 Å². The topological polar surface area (TPSA) is 69.6 Å². The van der Waals surface area contributed by atoms with Crippen LogP contribution in [0.3, 0.4) is 0 Å². The zero-order valence-corrected chi connectivity index (χ0v) is 10.4. The van der Waals surface area contributed by atoms with Gasteiger partial charge in [0.1, 0.15) is 6.10 Å². The van der Waals surface area contributed by atoms with Gasteiger partial charge in [-0.2, -0.15) is 0 Å². The molecule has 0 bridgehead atoms. The van der Waals surface area contributed by atoms with Gasteiger partial charge in [-0.05, 0) is 5.56 Å². The lowest BCUT2D eigenvalue weighted by atomic mass is 10.0. The second kappa shape index (κ2) is 6.81. The van der Waals surface area contributed by atoms with Gasteiger partial charge in [-0.3, -0.25) is 4.79 Å². The van der Waals surface area contributed by atoms with Gasteiger partial charge in [-0.25, -0.2) is 0 Å². The number of rotatable bonds is 5. The minimum atomic E-state index is -1.23. The van der Waals surface area contributed by atoms with Crippen molar-refractivity contribution in [3.63, 3.8) is 0 Å². The maximum atomic E-state index is 11.3. The average molecular weight is 278 g/mol. The fraction of sp³-hybridized carbons (Fsp3) is 0.364. The van der Waals surface area contributed by atoms with Crippen molar-refractivity contribution in [3.05, 3.63) is 35.9 Å². The molecule has 0 heterocycles. The molecule has 0 aliphatic carbocycles. The largest absolute Gasteiger partial charge is 0.394 e. The van der Waals surface area contributed by atoms with Crippen LogP contribution in [0.5, 0.6) is 0 Å². The molecule has 4 nitrogen and oxygen atoms in total. The highest BCUT2D eigenvalue weighted by Gasteiger charge is 2.24. The summed E-state index contributed by atoms with van der Waals surface area (Å²) >= 11 is 10.7. The molecule has 0 aliphatic heterocycles. The summed E-state index contributed by atoms with van der Waals surface area (Å²) in [4.78, 5) is 10.0. The predicted molar refractivity (Wildman–Crippen MR) is 65.9 cm³/mol. The van der Waals surface area contributed by atoms with Crippen LogP contribution < -0.4 is 5.32 Å². The van der Waals surface area contributed by atoms with Crippen molar-refractivity contribution in [1.82, 2.24) is 5.32 Å². The molecular weight excluding hydrogens is 265 g/mol. The monoisotopic (exact) mass is 277 g/mol. The summed E-state index contributed by atoms with van der Waals surface area (Å²) < 4.78 is 0. The molecule has 6 heteroatoms. The standard InChI is InChI=1S/C11H13Cl2NO3/c12-10(13)11(17)14-8(6-15)9(16)7-4-2-1-3-5-7/h1-5,8-10,15-16H,6H2,(H,14,17). The van der Waals surface area contributed by atoms with Crippen molar-refractivity contribution >= 4 is 29.1 Å². The molecule has 1 rings (SSSR count). The molecule has 1 amide bonds. The minimum absolute atomic E-state index is 0.414. The number of amides is 1. The first kappa shape index (κ1) is 14.3. The fourth-order valence-electron chi connectivity index (χ4n) is 1.35. The lowest BCUT2D eigenvalue weighted by Gasteiger charge is -2.22. The molecule has 94 valence electrons. The smallest absolute Gasteiger partial charge is 0.253 e. The Balaban J connectivity index is 2.71. The summed E-state index contributed by atoms with van der Waals surface area (Å²) in [6.45, 7) is -0.414. The van der Waals surface area contributed by atoms with Gasteiger partial charge in [0, 0.05) is 0 Å². The van der Waals surface area contributed by atoms with E-state index in [9.17, 15) is 9.90 Å². The molecule has 0 spiro atoms. The van der Waals surface area contributed by atoms with Crippen LogP contribution in [0.15, 0.2) is 30.3 Å². The number of nitrogens with one attached hydrogen (secondary N) is 1. The highest BCUT2D eigenvalue weighted by molar-refractivity contribution is 6.53. The van der Waals surface area contributed by atoms with E-state index in [2.05, 4.69) is 5.32 Å². The Hall–Kier alpha value is -0.810. The zero-order chi connectivity index (χ0) is 12.8. The van der Waals surface area contributed by atoms with E-state index in [0.717, 1.165) is 0 Å². The van der Waals surface area contributed by atoms with E-state index in [1.54, 1.807) is 30.3 Å². The third-order valence-electron chi connectivity index (χ3n) is 2.24. The first-order chi connectivity index (χ1) is 8.06. The summed E-state index contributed by atoms with van der Waals surface area (Å²) in [6, 6.07) is 7.85. The van der Waals surface area contributed by atoms with E-state index >= 15 is 0 Å². The van der Waals surface area contributed by atoms with Crippen LogP contribution >= 0.6 is 23.2 Å². The van der Waals surface area contributed by atoms with Crippen LogP contribution in [-0.4, -0.2) is 33.6 Å². The molecular formula is C11H13Cl2NO3. The van der Waals surface area contributed by atoms with Crippen molar-refractivity contribution in [2.45, 2.75) is 17.0 Å². The molecule has 0 fully saturated rings. The van der Waals surface area contributed by atoms with Crippen molar-refractivity contribution in [1.29, 1.82) is 0 Å². The van der Waals surface area contributed by atoms with Crippen molar-refractivity contribution in [2.75, 3.05) is 6.61 Å². The lowest BCUT2D eigenvalue weighted by Crippen LogP contribution is -2.44. The van der Waals surface area contributed by atoms with Crippen LogP contribution in [0.1, 0.15) is 11.7 Å². The van der Waals surface area contributed by atoms with Gasteiger partial charge in [0.2, 0.25) is 0 Å². The van der Waals surface area contributed by atoms with Crippen LogP contribution in [0, 0.1) is 0 Å². The third kappa shape index (κ3) is 4.16. The Morgan fingerprint density at radius 1 is 1.29 bits per heavy atom. The first-order valence-electron chi connectivity index (χ1n) is 4.98. The number of carbonyl (C=O) groups is 1. The molecule has 1 aromatic rings. The van der Waals surface area contributed by atoms with Gasteiger partial charge in [0.05, 0.1) is 12.6 Å². The summed E-state index contributed by atoms with van der Waals surface area (Å²) in [7, 11) is 0. The Labute approximate surface area is 109 Å². The second-order valence-corrected chi connectivity index (χ2v) is 4.55. The molecule has 0 saturated heterocycles. The van der Waals surface area contributed by atoms with Crippen molar-refractivity contribution < 1.29 is 15.0 Å². The van der Waals surface area contributed by atoms with Crippen LogP contribution in [0.2, 0.25) is 0 Å². The Bertz CT molecular complexity index is 359. The van der Waals surface area contributed by atoms with E-state index in [1.165, 1.54) is 0 Å². The maximum absolute atomic E-state index is 11.3. The first-order valence-corrected chi connectivity index (χ1v) is 5.86. The van der Waals surface area contributed by atoms with Crippen LogP contribution in [-0.2, 0) is 4.79 Å². The second-order valence-electron chi connectivity index (χ2n) is 3.45. The number of aliphatic hydroxyl groups is 2. The molecule has 0 saturated carbocycles. The normalized spacial score (nSPS) is 14.4. The van der Waals surface area contributed by atoms with E-state index < -0.39 is 29.5 Å². The fourth-order valence-corrected chi connectivity index (χ4v) is 1.48. The number of hydrogen-bond donors (Lipinski definition) is 3. The average Bonchev–Trinajstić information content (AvgIpc) is 2.35. The number of alkyl halides is 2. The highest BCUT2D eigenvalue weighted by Crippen LogP contribution is 2.16. The third-order valence-corrected chi connectivity index (χ3v) is 2.64. The van der Waals surface area contributed by atoms with Crippen LogP contribution in [0.4, 0.5) is 0 Å². The molecule has 1 aromatic carbocycles. The Morgan fingerprint density at radius 3 is 2.35 bits per heavy atom. The molecule has 0 aromatic heterocycles. The number of benzene rings is 1. The van der Waals surface area contributed by atoms with E-state index in [1.807, 2.05) is 0 Å². The molecule has 0 radical (unpaired) electrons. The lowest BCUT2D eigenvalue weighted by molar-refractivity contribution is -0.121. The molecule has 0 aliphatic rings. The Kier molecular flexibility index (Phi) is 5.71. The van der Waals surface area contributed by atoms with E-state index in [-0.39, 0.29) is 0 Å². The number of carbonyl (C=O) groups excluding carboxylic acids is 1. The van der Waals surface area contributed by atoms with Gasteiger partial charge < -0.3 is 15.5 Å². The summed E-state index contributed by atoms with van der Waals surface area (Å²) in [5.41, 5.74) is 0.590. The maximum Gasteiger partial charge on any atom is 0.253 e. The molecule has 2 atom stereocenters. The van der Waals surface area contributed by atoms with Gasteiger partial charge >= 0.3 is 0 Å². The Morgan fingerprint density at radius 2 is 1.88 bits per heavy atom. The zero-order valence-electron chi connectivity index (χ0n) is 8.88. The number of hydrogen-bond acceptors (Lipinski definition) is 3.